The maximum atomic E-state index is 5.77. The molecular formula is C31H40N2O6S. The van der Waals surface area contributed by atoms with Crippen molar-refractivity contribution in [3.63, 3.8) is 0 Å². The van der Waals surface area contributed by atoms with E-state index in [-0.39, 0.29) is 11.8 Å². The molecule has 0 amide bonds. The highest BCUT2D eigenvalue weighted by Gasteiger charge is 2.36. The van der Waals surface area contributed by atoms with Gasteiger partial charge in [-0.3, -0.25) is 0 Å². The van der Waals surface area contributed by atoms with Crippen molar-refractivity contribution in [2.45, 2.75) is 37.5 Å². The van der Waals surface area contributed by atoms with Crippen molar-refractivity contribution in [1.82, 2.24) is 10.6 Å². The third-order valence-electron chi connectivity index (χ3n) is 7.60. The first kappa shape index (κ1) is 29.4. The molecule has 0 fully saturated rings. The average Bonchev–Trinajstić information content (AvgIpc) is 3.48. The van der Waals surface area contributed by atoms with Crippen LogP contribution in [0.1, 0.15) is 59.8 Å². The van der Waals surface area contributed by atoms with E-state index in [1.165, 1.54) is 11.1 Å². The summed E-state index contributed by atoms with van der Waals surface area (Å²) >= 11 is 5.55. The fourth-order valence-corrected chi connectivity index (χ4v) is 6.08. The highest BCUT2D eigenvalue weighted by Crippen LogP contribution is 2.49. The number of thiocarbonyl (C=S) groups is 1. The molecule has 2 aliphatic rings. The molecule has 8 nitrogen and oxygen atoms in total. The maximum absolute atomic E-state index is 5.77. The minimum absolute atomic E-state index is 0.112. The third kappa shape index (κ3) is 5.66. The van der Waals surface area contributed by atoms with Crippen molar-refractivity contribution in [3.05, 3.63) is 70.2 Å². The molecule has 216 valence electrons. The fraction of sp³-hybridized carbons (Fsp3) is 0.452. The Morgan fingerprint density at radius 3 is 1.40 bits per heavy atom. The van der Waals surface area contributed by atoms with Gasteiger partial charge >= 0.3 is 0 Å². The zero-order valence-electron chi connectivity index (χ0n) is 24.2. The van der Waals surface area contributed by atoms with E-state index in [4.69, 9.17) is 40.6 Å². The first-order chi connectivity index (χ1) is 19.5. The second-order valence-corrected chi connectivity index (χ2v) is 10.0. The van der Waals surface area contributed by atoms with Gasteiger partial charge in [0, 0.05) is 24.9 Å². The Bertz CT molecular complexity index is 1180. The van der Waals surface area contributed by atoms with Crippen molar-refractivity contribution in [1.29, 1.82) is 0 Å². The lowest BCUT2D eigenvalue weighted by atomic mass is 9.94. The molecule has 0 saturated heterocycles. The van der Waals surface area contributed by atoms with Crippen LogP contribution in [-0.4, -0.2) is 60.9 Å². The van der Waals surface area contributed by atoms with Crippen molar-refractivity contribution in [2.75, 3.05) is 55.7 Å². The number of nitrogens with one attached hydrogen (secondary N) is 2. The second kappa shape index (κ2) is 13.7. The van der Waals surface area contributed by atoms with E-state index in [0.29, 0.717) is 5.11 Å². The van der Waals surface area contributed by atoms with Gasteiger partial charge < -0.3 is 39.1 Å². The standard InChI is InChI=1S/C31H40N2O6S/c1-34-23-15-7-11-19-21(27(36-3)29(38-5)25(19)23)13-9-17-32-31(40)33-18-10-14-22-20-12-8-16-24(35-2)26(20)30(39-6)28(22)37-4/h7-8,11-12,15-16,21-22H,9-10,13-14,17-18H2,1-6H3,(H2,32,33,40). The summed E-state index contributed by atoms with van der Waals surface area (Å²) in [6, 6.07) is 12.2. The first-order valence-corrected chi connectivity index (χ1v) is 14.0. The molecule has 4 rings (SSSR count). The summed E-state index contributed by atoms with van der Waals surface area (Å²) in [7, 11) is 10.1. The third-order valence-corrected chi connectivity index (χ3v) is 7.89. The van der Waals surface area contributed by atoms with Gasteiger partial charge in [-0.15, -0.1) is 0 Å². The minimum Gasteiger partial charge on any atom is -0.497 e. The molecule has 0 heterocycles. The van der Waals surface area contributed by atoms with Crippen molar-refractivity contribution in [2.24, 2.45) is 0 Å². The number of allylic oxidation sites excluding steroid dienone is 2. The predicted molar refractivity (Wildman–Crippen MR) is 160 cm³/mol. The van der Waals surface area contributed by atoms with Gasteiger partial charge in [-0.1, -0.05) is 24.3 Å². The molecule has 0 radical (unpaired) electrons. The second-order valence-electron chi connectivity index (χ2n) is 9.62. The van der Waals surface area contributed by atoms with Crippen molar-refractivity contribution < 1.29 is 28.4 Å². The first-order valence-electron chi connectivity index (χ1n) is 13.5. The maximum Gasteiger partial charge on any atom is 0.168 e. The van der Waals surface area contributed by atoms with Gasteiger partial charge in [0.15, 0.2) is 16.6 Å². The van der Waals surface area contributed by atoms with Crippen molar-refractivity contribution in [3.8, 4) is 11.5 Å². The lowest BCUT2D eigenvalue weighted by Crippen LogP contribution is -2.36. The number of fused-ring (bicyclic) bond motifs is 2. The van der Waals surface area contributed by atoms with Crippen LogP contribution in [0.5, 0.6) is 11.5 Å². The Kier molecular flexibility index (Phi) is 10.0. The summed E-state index contributed by atoms with van der Waals surface area (Å²) < 4.78 is 34.1. The number of rotatable bonds is 14. The van der Waals surface area contributed by atoms with Crippen LogP contribution in [0, 0.1) is 0 Å². The monoisotopic (exact) mass is 568 g/mol. The highest BCUT2D eigenvalue weighted by molar-refractivity contribution is 7.80. The molecule has 0 saturated carbocycles. The van der Waals surface area contributed by atoms with Gasteiger partial charge in [-0.05, 0) is 61.2 Å². The van der Waals surface area contributed by atoms with E-state index in [2.05, 4.69) is 22.8 Å². The number of hydrogen-bond donors (Lipinski definition) is 2. The molecule has 0 bridgehead atoms. The van der Waals surface area contributed by atoms with Gasteiger partial charge in [-0.25, -0.2) is 0 Å². The minimum atomic E-state index is 0.112. The van der Waals surface area contributed by atoms with Gasteiger partial charge in [-0.2, -0.15) is 0 Å². The quantitative estimate of drug-likeness (QED) is 0.225. The fourth-order valence-electron chi connectivity index (χ4n) is 5.88. The topological polar surface area (TPSA) is 79.4 Å². The molecule has 2 atom stereocenters. The van der Waals surface area contributed by atoms with Crippen LogP contribution in [0.2, 0.25) is 0 Å². The summed E-state index contributed by atoms with van der Waals surface area (Å²) in [5.74, 6) is 4.99. The molecule has 2 aliphatic carbocycles. The van der Waals surface area contributed by atoms with E-state index >= 15 is 0 Å². The molecule has 40 heavy (non-hydrogen) atoms. The van der Waals surface area contributed by atoms with Crippen LogP contribution in [0.15, 0.2) is 47.9 Å². The largest absolute Gasteiger partial charge is 0.497 e. The summed E-state index contributed by atoms with van der Waals surface area (Å²) in [6.07, 6.45) is 3.61. The van der Waals surface area contributed by atoms with E-state index in [1.54, 1.807) is 42.7 Å². The predicted octanol–water partition coefficient (Wildman–Crippen LogP) is 5.55. The Balaban J connectivity index is 1.26. The molecule has 0 aromatic heterocycles. The van der Waals surface area contributed by atoms with Gasteiger partial charge in [0.05, 0.1) is 53.8 Å². The number of hydrogen-bond acceptors (Lipinski definition) is 7. The van der Waals surface area contributed by atoms with Gasteiger partial charge in [0.1, 0.15) is 23.0 Å². The SMILES string of the molecule is COC1=C(OC)C(CCCNC(=S)NCCCC2C(OC)=C(OC)c3c(OC)cccc32)c2cccc(OC)c21. The molecular weight excluding hydrogens is 528 g/mol. The van der Waals surface area contributed by atoms with Crippen LogP contribution < -0.4 is 20.1 Å². The zero-order chi connectivity index (χ0) is 28.6. The molecule has 2 unspecified atom stereocenters. The van der Waals surface area contributed by atoms with E-state index in [0.717, 1.165) is 84.4 Å². The summed E-state index contributed by atoms with van der Waals surface area (Å²) in [4.78, 5) is 0. The van der Waals surface area contributed by atoms with E-state index in [9.17, 15) is 0 Å². The highest BCUT2D eigenvalue weighted by atomic mass is 32.1. The Morgan fingerprint density at radius 2 is 1.05 bits per heavy atom. The Hall–Kier alpha value is -3.59. The smallest absolute Gasteiger partial charge is 0.168 e. The van der Waals surface area contributed by atoms with E-state index in [1.807, 2.05) is 24.3 Å². The molecule has 0 spiro atoms. The normalized spacial score (nSPS) is 17.2. The van der Waals surface area contributed by atoms with E-state index < -0.39 is 0 Å². The molecule has 2 aromatic rings. The molecule has 2 aromatic carbocycles. The summed E-state index contributed by atoms with van der Waals surface area (Å²) in [6.45, 7) is 1.51. The average molecular weight is 569 g/mol. The van der Waals surface area contributed by atoms with Crippen LogP contribution in [0.25, 0.3) is 11.5 Å². The lowest BCUT2D eigenvalue weighted by molar-refractivity contribution is 0.245. The van der Waals surface area contributed by atoms with Crippen LogP contribution >= 0.6 is 12.2 Å². The summed E-state index contributed by atoms with van der Waals surface area (Å²) in [5.41, 5.74) is 4.29. The molecule has 9 heteroatoms. The van der Waals surface area contributed by atoms with Crippen LogP contribution in [0.4, 0.5) is 0 Å². The number of benzene rings is 2. The zero-order valence-corrected chi connectivity index (χ0v) is 25.0. The Morgan fingerprint density at radius 1 is 0.625 bits per heavy atom. The number of ether oxygens (including phenoxy) is 6. The molecule has 2 N–H and O–H groups in total. The number of methoxy groups -OCH3 is 6. The summed E-state index contributed by atoms with van der Waals surface area (Å²) in [5, 5.41) is 7.34. The van der Waals surface area contributed by atoms with Gasteiger partial charge in [0.2, 0.25) is 0 Å². The van der Waals surface area contributed by atoms with Crippen LogP contribution in [0.3, 0.4) is 0 Å². The Labute approximate surface area is 242 Å². The van der Waals surface area contributed by atoms with Crippen molar-refractivity contribution >= 4 is 28.8 Å². The van der Waals surface area contributed by atoms with Crippen LogP contribution in [-0.2, 0) is 18.9 Å². The molecule has 0 aliphatic heterocycles. The van der Waals surface area contributed by atoms with Gasteiger partial charge in [0.25, 0.3) is 0 Å². The lowest BCUT2D eigenvalue weighted by Gasteiger charge is -2.17.